The van der Waals surface area contributed by atoms with E-state index in [-0.39, 0.29) is 24.2 Å². The largest absolute Gasteiger partial charge is 0.352 e. The smallest absolute Gasteiger partial charge is 0.222 e. The SMILES string of the molecule is O=C(C[C@@H](c1cccc(F)c1)n1cccc1)NCc1ccccc1Cl. The fourth-order valence-electron chi connectivity index (χ4n) is 2.75. The molecule has 1 amide bonds. The molecule has 5 heteroatoms. The molecule has 0 aliphatic heterocycles. The molecule has 0 aliphatic rings. The first kappa shape index (κ1) is 17.2. The number of carbonyl (C=O) groups is 1. The number of rotatable bonds is 6. The minimum absolute atomic E-state index is 0.122. The van der Waals surface area contributed by atoms with Crippen LogP contribution in [0.25, 0.3) is 0 Å². The van der Waals surface area contributed by atoms with Crippen LogP contribution in [0.2, 0.25) is 5.02 Å². The van der Waals surface area contributed by atoms with E-state index in [0.717, 1.165) is 11.1 Å². The zero-order valence-electron chi connectivity index (χ0n) is 13.5. The van der Waals surface area contributed by atoms with Gasteiger partial charge in [-0.15, -0.1) is 0 Å². The van der Waals surface area contributed by atoms with Gasteiger partial charge < -0.3 is 9.88 Å². The van der Waals surface area contributed by atoms with Crippen molar-refractivity contribution in [3.8, 4) is 0 Å². The number of carbonyl (C=O) groups excluding carboxylic acids is 1. The van der Waals surface area contributed by atoms with Crippen molar-refractivity contribution in [1.82, 2.24) is 9.88 Å². The third kappa shape index (κ3) is 4.48. The number of halogens is 2. The zero-order valence-corrected chi connectivity index (χ0v) is 14.3. The van der Waals surface area contributed by atoms with Crippen LogP contribution in [0.1, 0.15) is 23.6 Å². The van der Waals surface area contributed by atoms with E-state index in [1.165, 1.54) is 12.1 Å². The van der Waals surface area contributed by atoms with Crippen LogP contribution < -0.4 is 5.32 Å². The number of nitrogens with zero attached hydrogens (tertiary/aromatic N) is 1. The van der Waals surface area contributed by atoms with E-state index in [4.69, 9.17) is 11.6 Å². The molecule has 2 aromatic carbocycles. The lowest BCUT2D eigenvalue weighted by Crippen LogP contribution is -2.26. The molecule has 1 N–H and O–H groups in total. The Labute approximate surface area is 151 Å². The summed E-state index contributed by atoms with van der Waals surface area (Å²) < 4.78 is 15.5. The Kier molecular flexibility index (Phi) is 5.51. The summed E-state index contributed by atoms with van der Waals surface area (Å²) in [5.74, 6) is -0.436. The van der Waals surface area contributed by atoms with Gasteiger partial charge in [0.1, 0.15) is 5.82 Å². The molecule has 3 aromatic rings. The average Bonchev–Trinajstić information content (AvgIpc) is 3.13. The molecular formula is C20H18ClFN2O. The summed E-state index contributed by atoms with van der Waals surface area (Å²) in [6, 6.07) is 17.2. The maximum Gasteiger partial charge on any atom is 0.222 e. The summed E-state index contributed by atoms with van der Waals surface area (Å²) in [6.45, 7) is 0.361. The summed E-state index contributed by atoms with van der Waals surface area (Å²) in [7, 11) is 0. The van der Waals surface area contributed by atoms with E-state index in [1.807, 2.05) is 53.4 Å². The monoisotopic (exact) mass is 356 g/mol. The van der Waals surface area contributed by atoms with Crippen LogP contribution in [0, 0.1) is 5.82 Å². The van der Waals surface area contributed by atoms with Crippen LogP contribution in [0.15, 0.2) is 73.1 Å². The third-order valence-electron chi connectivity index (χ3n) is 4.03. The van der Waals surface area contributed by atoms with Gasteiger partial charge in [0, 0.05) is 24.0 Å². The molecule has 0 aliphatic carbocycles. The first-order chi connectivity index (χ1) is 12.1. The fraction of sp³-hybridized carbons (Fsp3) is 0.150. The second kappa shape index (κ2) is 7.99. The minimum atomic E-state index is -0.314. The Balaban J connectivity index is 1.72. The number of nitrogens with one attached hydrogen (secondary N) is 1. The van der Waals surface area contributed by atoms with Crippen molar-refractivity contribution in [2.75, 3.05) is 0 Å². The number of benzene rings is 2. The standard InChI is InChI=1S/C20H18ClFN2O/c21-18-9-2-1-6-16(18)14-23-20(25)13-19(24-10-3-4-11-24)15-7-5-8-17(22)12-15/h1-12,19H,13-14H2,(H,23,25)/t19-/m0/s1. The topological polar surface area (TPSA) is 34.0 Å². The van der Waals surface area contributed by atoms with E-state index < -0.39 is 0 Å². The molecule has 3 rings (SSSR count). The predicted octanol–water partition coefficient (Wildman–Crippen LogP) is 4.58. The molecule has 1 atom stereocenters. The van der Waals surface area contributed by atoms with Crippen LogP contribution in [0.4, 0.5) is 4.39 Å². The normalized spacial score (nSPS) is 11.9. The lowest BCUT2D eigenvalue weighted by atomic mass is 10.0. The van der Waals surface area contributed by atoms with Crippen molar-refractivity contribution in [3.63, 3.8) is 0 Å². The van der Waals surface area contributed by atoms with Gasteiger partial charge in [-0.1, -0.05) is 41.9 Å². The maximum atomic E-state index is 13.6. The third-order valence-corrected chi connectivity index (χ3v) is 4.40. The van der Waals surface area contributed by atoms with E-state index in [0.29, 0.717) is 11.6 Å². The van der Waals surface area contributed by atoms with Gasteiger partial charge >= 0.3 is 0 Å². The summed E-state index contributed by atoms with van der Waals surface area (Å²) in [5.41, 5.74) is 1.62. The van der Waals surface area contributed by atoms with E-state index in [1.54, 1.807) is 12.1 Å². The average molecular weight is 357 g/mol. The van der Waals surface area contributed by atoms with Crippen molar-refractivity contribution in [2.45, 2.75) is 19.0 Å². The zero-order chi connectivity index (χ0) is 17.6. The van der Waals surface area contributed by atoms with E-state index in [2.05, 4.69) is 5.32 Å². The van der Waals surface area contributed by atoms with Gasteiger partial charge in [-0.25, -0.2) is 4.39 Å². The van der Waals surface area contributed by atoms with Gasteiger partial charge in [0.15, 0.2) is 0 Å². The van der Waals surface area contributed by atoms with Crippen LogP contribution >= 0.6 is 11.6 Å². The van der Waals surface area contributed by atoms with E-state index in [9.17, 15) is 9.18 Å². The molecule has 0 saturated heterocycles. The lowest BCUT2D eigenvalue weighted by molar-refractivity contribution is -0.121. The molecule has 1 heterocycles. The van der Waals surface area contributed by atoms with Crippen LogP contribution in [0.3, 0.4) is 0 Å². The molecule has 0 fully saturated rings. The maximum absolute atomic E-state index is 13.6. The second-order valence-corrected chi connectivity index (χ2v) is 6.18. The van der Waals surface area contributed by atoms with Crippen molar-refractivity contribution in [2.24, 2.45) is 0 Å². The van der Waals surface area contributed by atoms with Crippen molar-refractivity contribution in [1.29, 1.82) is 0 Å². The number of aromatic nitrogens is 1. The highest BCUT2D eigenvalue weighted by molar-refractivity contribution is 6.31. The molecule has 3 nitrogen and oxygen atoms in total. The van der Waals surface area contributed by atoms with E-state index >= 15 is 0 Å². The van der Waals surface area contributed by atoms with Gasteiger partial charge in [0.2, 0.25) is 5.91 Å². The van der Waals surface area contributed by atoms with Gasteiger partial charge in [-0.05, 0) is 41.5 Å². The Bertz CT molecular complexity index is 848. The Hall–Kier alpha value is -2.59. The molecule has 0 bridgehead atoms. The van der Waals surface area contributed by atoms with Crippen LogP contribution in [-0.4, -0.2) is 10.5 Å². The molecule has 128 valence electrons. The van der Waals surface area contributed by atoms with Crippen molar-refractivity contribution >= 4 is 17.5 Å². The number of amides is 1. The highest BCUT2D eigenvalue weighted by Crippen LogP contribution is 2.23. The van der Waals surface area contributed by atoms with Crippen molar-refractivity contribution in [3.05, 3.63) is 95.0 Å². The highest BCUT2D eigenvalue weighted by atomic mass is 35.5. The van der Waals surface area contributed by atoms with Gasteiger partial charge in [-0.2, -0.15) is 0 Å². The molecule has 0 saturated carbocycles. The van der Waals surface area contributed by atoms with Gasteiger partial charge in [0.05, 0.1) is 12.5 Å². The van der Waals surface area contributed by atoms with Gasteiger partial charge in [-0.3, -0.25) is 4.79 Å². The highest BCUT2D eigenvalue weighted by Gasteiger charge is 2.18. The molecule has 1 aromatic heterocycles. The second-order valence-electron chi connectivity index (χ2n) is 5.77. The Morgan fingerprint density at radius 2 is 1.84 bits per heavy atom. The molecule has 0 spiro atoms. The molecular weight excluding hydrogens is 339 g/mol. The Morgan fingerprint density at radius 3 is 2.56 bits per heavy atom. The summed E-state index contributed by atoms with van der Waals surface area (Å²) >= 11 is 6.11. The quantitative estimate of drug-likeness (QED) is 0.689. The fourth-order valence-corrected chi connectivity index (χ4v) is 2.95. The predicted molar refractivity (Wildman–Crippen MR) is 96.9 cm³/mol. The molecule has 25 heavy (non-hydrogen) atoms. The summed E-state index contributed by atoms with van der Waals surface area (Å²) in [4.78, 5) is 12.4. The minimum Gasteiger partial charge on any atom is -0.352 e. The summed E-state index contributed by atoms with van der Waals surface area (Å²) in [5, 5.41) is 3.51. The first-order valence-corrected chi connectivity index (χ1v) is 8.39. The van der Waals surface area contributed by atoms with Crippen LogP contribution in [0.5, 0.6) is 0 Å². The first-order valence-electron chi connectivity index (χ1n) is 8.01. The van der Waals surface area contributed by atoms with Gasteiger partial charge in [0.25, 0.3) is 0 Å². The van der Waals surface area contributed by atoms with Crippen molar-refractivity contribution < 1.29 is 9.18 Å². The number of hydrogen-bond donors (Lipinski definition) is 1. The lowest BCUT2D eigenvalue weighted by Gasteiger charge is -2.19. The summed E-state index contributed by atoms with van der Waals surface area (Å²) in [6.07, 6.45) is 3.95. The molecule has 0 radical (unpaired) electrons. The van der Waals surface area contributed by atoms with Crippen LogP contribution in [-0.2, 0) is 11.3 Å². The molecule has 0 unspecified atom stereocenters. The number of hydrogen-bond acceptors (Lipinski definition) is 1. The Morgan fingerprint density at radius 1 is 1.08 bits per heavy atom.